The Morgan fingerprint density at radius 3 is 2.39 bits per heavy atom. The molecule has 1 aliphatic heterocycles. The Morgan fingerprint density at radius 2 is 1.82 bits per heavy atom. The van der Waals surface area contributed by atoms with Crippen molar-refractivity contribution in [3.8, 4) is 0 Å². The summed E-state index contributed by atoms with van der Waals surface area (Å²) >= 11 is 0. The van der Waals surface area contributed by atoms with E-state index in [1.54, 1.807) is 11.0 Å². The molecule has 28 heavy (non-hydrogen) atoms. The van der Waals surface area contributed by atoms with Crippen LogP contribution >= 0.6 is 0 Å². The van der Waals surface area contributed by atoms with Gasteiger partial charge in [0.1, 0.15) is 17.3 Å². The normalized spacial score (nSPS) is 17.7. The number of piperazine rings is 1. The lowest BCUT2D eigenvalue weighted by atomic mass is 10.2. The second-order valence-corrected chi connectivity index (χ2v) is 7.21. The molecule has 0 aromatic carbocycles. The lowest BCUT2D eigenvalue weighted by Crippen LogP contribution is -2.49. The van der Waals surface area contributed by atoms with E-state index < -0.39 is 11.7 Å². The predicted octanol–water partition coefficient (Wildman–Crippen LogP) is 3.04. The van der Waals surface area contributed by atoms with E-state index in [0.29, 0.717) is 43.6 Å². The van der Waals surface area contributed by atoms with Crippen molar-refractivity contribution in [2.45, 2.75) is 31.9 Å². The van der Waals surface area contributed by atoms with Crippen LogP contribution < -0.4 is 4.90 Å². The molecule has 1 saturated carbocycles. The molecule has 2 fully saturated rings. The van der Waals surface area contributed by atoms with Crippen LogP contribution in [0, 0.1) is 6.92 Å². The molecule has 0 atom stereocenters. The quantitative estimate of drug-likeness (QED) is 0.805. The molecule has 148 valence electrons. The molecule has 1 aliphatic carbocycles. The van der Waals surface area contributed by atoms with Crippen LogP contribution in [0.5, 0.6) is 0 Å². The highest BCUT2D eigenvalue weighted by atomic mass is 19.4. The fraction of sp³-hybridized carbons (Fsp3) is 0.474. The van der Waals surface area contributed by atoms with Crippen molar-refractivity contribution >= 4 is 11.7 Å². The zero-order valence-electron chi connectivity index (χ0n) is 15.4. The Kier molecular flexibility index (Phi) is 4.68. The Bertz CT molecular complexity index is 872. The molecule has 2 aliphatic rings. The number of rotatable bonds is 3. The third kappa shape index (κ3) is 3.93. The number of anilines is 1. The third-order valence-electron chi connectivity index (χ3n) is 5.00. The molecule has 0 unspecified atom stereocenters. The van der Waals surface area contributed by atoms with Crippen LogP contribution in [0.3, 0.4) is 0 Å². The summed E-state index contributed by atoms with van der Waals surface area (Å²) in [4.78, 5) is 29.2. The van der Waals surface area contributed by atoms with Crippen LogP contribution in [0.1, 0.15) is 46.3 Å². The molecule has 9 heteroatoms. The van der Waals surface area contributed by atoms with E-state index in [1.807, 2.05) is 11.8 Å². The summed E-state index contributed by atoms with van der Waals surface area (Å²) in [5.41, 5.74) is 0.430. The Balaban J connectivity index is 1.40. The van der Waals surface area contributed by atoms with Gasteiger partial charge >= 0.3 is 6.18 Å². The van der Waals surface area contributed by atoms with Gasteiger partial charge < -0.3 is 9.80 Å². The Hall–Kier alpha value is -2.71. The number of pyridine rings is 1. The lowest BCUT2D eigenvalue weighted by molar-refractivity contribution is -0.137. The van der Waals surface area contributed by atoms with Gasteiger partial charge in [-0.25, -0.2) is 15.0 Å². The number of alkyl halides is 3. The minimum Gasteiger partial charge on any atom is -0.353 e. The molecule has 4 rings (SSSR count). The van der Waals surface area contributed by atoms with Gasteiger partial charge in [0.15, 0.2) is 0 Å². The molecule has 1 amide bonds. The fourth-order valence-electron chi connectivity index (χ4n) is 3.27. The molecule has 0 radical (unpaired) electrons. The third-order valence-corrected chi connectivity index (χ3v) is 5.00. The number of hydrogen-bond donors (Lipinski definition) is 0. The van der Waals surface area contributed by atoms with E-state index in [4.69, 9.17) is 0 Å². The van der Waals surface area contributed by atoms with Gasteiger partial charge in [-0.2, -0.15) is 13.2 Å². The van der Waals surface area contributed by atoms with Crippen LogP contribution in [0.15, 0.2) is 24.4 Å². The summed E-state index contributed by atoms with van der Waals surface area (Å²) in [5.74, 6) is 1.46. The van der Waals surface area contributed by atoms with Crippen LogP contribution in [0.4, 0.5) is 19.0 Å². The van der Waals surface area contributed by atoms with Crippen molar-refractivity contribution in [1.29, 1.82) is 0 Å². The zero-order valence-corrected chi connectivity index (χ0v) is 15.4. The van der Waals surface area contributed by atoms with Gasteiger partial charge in [0.05, 0.1) is 5.56 Å². The van der Waals surface area contributed by atoms with Crippen molar-refractivity contribution in [2.75, 3.05) is 31.1 Å². The molecule has 0 spiro atoms. The highest BCUT2D eigenvalue weighted by molar-refractivity contribution is 5.92. The number of carbonyl (C=O) groups excluding carboxylic acids is 1. The first-order valence-electron chi connectivity index (χ1n) is 9.24. The van der Waals surface area contributed by atoms with Gasteiger partial charge in [-0.05, 0) is 38.0 Å². The van der Waals surface area contributed by atoms with Gasteiger partial charge in [-0.1, -0.05) is 0 Å². The first kappa shape index (κ1) is 18.6. The minimum atomic E-state index is -4.40. The summed E-state index contributed by atoms with van der Waals surface area (Å²) in [7, 11) is 0. The van der Waals surface area contributed by atoms with Crippen LogP contribution in [-0.2, 0) is 6.18 Å². The Morgan fingerprint density at radius 1 is 1.11 bits per heavy atom. The van der Waals surface area contributed by atoms with E-state index in [2.05, 4.69) is 15.0 Å². The summed E-state index contributed by atoms with van der Waals surface area (Å²) in [6.45, 7) is 3.79. The molecule has 0 N–H and O–H groups in total. The topological polar surface area (TPSA) is 62.2 Å². The zero-order chi connectivity index (χ0) is 19.9. The first-order chi connectivity index (χ1) is 13.3. The highest BCUT2D eigenvalue weighted by Crippen LogP contribution is 2.38. The fourth-order valence-corrected chi connectivity index (χ4v) is 3.27. The number of hydrogen-bond acceptors (Lipinski definition) is 5. The van der Waals surface area contributed by atoms with Crippen LogP contribution in [-0.4, -0.2) is 51.9 Å². The average Bonchev–Trinajstić information content (AvgIpc) is 3.52. The Labute approximate surface area is 160 Å². The molecule has 2 aromatic rings. The molecule has 3 heterocycles. The van der Waals surface area contributed by atoms with E-state index in [-0.39, 0.29) is 5.91 Å². The maximum absolute atomic E-state index is 12.8. The number of amides is 1. The summed E-state index contributed by atoms with van der Waals surface area (Å²) in [5, 5.41) is 0. The van der Waals surface area contributed by atoms with Crippen molar-refractivity contribution in [2.24, 2.45) is 0 Å². The minimum absolute atomic E-state index is 0.132. The number of aryl methyl sites for hydroxylation is 1. The smallest absolute Gasteiger partial charge is 0.353 e. The maximum Gasteiger partial charge on any atom is 0.417 e. The molecule has 0 bridgehead atoms. The molecule has 6 nitrogen and oxygen atoms in total. The van der Waals surface area contributed by atoms with Crippen molar-refractivity contribution in [3.63, 3.8) is 0 Å². The standard InChI is InChI=1S/C19H20F3N5O/c1-12-10-15(25-17(24-12)13-2-3-13)18(28)27-8-6-26(7-9-27)16-5-4-14(11-23-16)19(20,21)22/h4-5,10-11,13H,2-3,6-9H2,1H3. The monoisotopic (exact) mass is 391 g/mol. The maximum atomic E-state index is 12.8. The van der Waals surface area contributed by atoms with Gasteiger partial charge in [0.25, 0.3) is 5.91 Å². The second kappa shape index (κ2) is 7.03. The second-order valence-electron chi connectivity index (χ2n) is 7.21. The highest BCUT2D eigenvalue weighted by Gasteiger charge is 2.32. The lowest BCUT2D eigenvalue weighted by Gasteiger charge is -2.35. The van der Waals surface area contributed by atoms with E-state index in [9.17, 15) is 18.0 Å². The van der Waals surface area contributed by atoms with Crippen LogP contribution in [0.2, 0.25) is 0 Å². The molecule has 2 aromatic heterocycles. The summed E-state index contributed by atoms with van der Waals surface area (Å²) in [6, 6.07) is 4.11. The molecular weight excluding hydrogens is 371 g/mol. The van der Waals surface area contributed by atoms with Gasteiger partial charge in [0, 0.05) is 44.0 Å². The van der Waals surface area contributed by atoms with Crippen molar-refractivity contribution in [3.05, 3.63) is 47.2 Å². The number of halogens is 3. The van der Waals surface area contributed by atoms with E-state index in [0.717, 1.165) is 36.6 Å². The van der Waals surface area contributed by atoms with Gasteiger partial charge in [-0.15, -0.1) is 0 Å². The molecular formula is C19H20F3N5O. The number of carbonyl (C=O) groups is 1. The van der Waals surface area contributed by atoms with Crippen molar-refractivity contribution < 1.29 is 18.0 Å². The summed E-state index contributed by atoms with van der Waals surface area (Å²) in [6.07, 6.45) is -1.42. The van der Waals surface area contributed by atoms with Gasteiger partial charge in [0.2, 0.25) is 0 Å². The first-order valence-corrected chi connectivity index (χ1v) is 9.24. The predicted molar refractivity (Wildman–Crippen MR) is 96.1 cm³/mol. The molecule has 1 saturated heterocycles. The van der Waals surface area contributed by atoms with E-state index in [1.165, 1.54) is 6.07 Å². The summed E-state index contributed by atoms with van der Waals surface area (Å²) < 4.78 is 38.0. The van der Waals surface area contributed by atoms with Gasteiger partial charge in [-0.3, -0.25) is 4.79 Å². The number of nitrogens with zero attached hydrogens (tertiary/aromatic N) is 5. The number of aromatic nitrogens is 3. The largest absolute Gasteiger partial charge is 0.417 e. The van der Waals surface area contributed by atoms with Crippen molar-refractivity contribution in [1.82, 2.24) is 19.9 Å². The SMILES string of the molecule is Cc1cc(C(=O)N2CCN(c3ccc(C(F)(F)F)cn3)CC2)nc(C2CC2)n1. The average molecular weight is 391 g/mol. The van der Waals surface area contributed by atoms with E-state index >= 15 is 0 Å². The van der Waals surface area contributed by atoms with Crippen LogP contribution in [0.25, 0.3) is 0 Å².